The van der Waals surface area contributed by atoms with Crippen molar-refractivity contribution in [1.29, 1.82) is 0 Å². The van der Waals surface area contributed by atoms with Gasteiger partial charge < -0.3 is 14.6 Å². The quantitative estimate of drug-likeness (QED) is 0.690. The third-order valence-electron chi connectivity index (χ3n) is 3.10. The average Bonchev–Trinajstić information content (AvgIpc) is 2.59. The highest BCUT2D eigenvalue weighted by atomic mass is 31.2. The van der Waals surface area contributed by atoms with Crippen molar-refractivity contribution in [2.45, 2.75) is 26.5 Å². The normalized spacial score (nSPS) is 13.1. The van der Waals surface area contributed by atoms with E-state index in [9.17, 15) is 9.36 Å². The molecule has 2 rings (SSSR count). The predicted octanol–water partition coefficient (Wildman–Crippen LogP) is 4.14. The molecular formula is C18H23N2O4P. The van der Waals surface area contributed by atoms with Gasteiger partial charge in [-0.1, -0.05) is 48.5 Å². The highest BCUT2D eigenvalue weighted by molar-refractivity contribution is 7.57. The monoisotopic (exact) mass is 362 g/mol. The molecule has 7 heteroatoms. The van der Waals surface area contributed by atoms with Crippen LogP contribution in [0, 0.1) is 0 Å². The summed E-state index contributed by atoms with van der Waals surface area (Å²) in [5, 5.41) is 5.40. The number of hydrogen-bond acceptors (Lipinski definition) is 4. The number of carbonyl (C=O) groups is 1. The number of alkyl carbamates (subject to hydrolysis) is 1. The van der Waals surface area contributed by atoms with Crippen molar-refractivity contribution in [1.82, 2.24) is 10.4 Å². The van der Waals surface area contributed by atoms with Crippen LogP contribution in [0.1, 0.15) is 19.4 Å². The van der Waals surface area contributed by atoms with Gasteiger partial charge in [-0.3, -0.25) is 4.57 Å². The van der Waals surface area contributed by atoms with Gasteiger partial charge in [0.2, 0.25) is 0 Å². The minimum Gasteiger partial charge on any atom is -0.445 e. The Morgan fingerprint density at radius 1 is 1.04 bits per heavy atom. The van der Waals surface area contributed by atoms with Crippen molar-refractivity contribution in [3.8, 4) is 5.75 Å². The van der Waals surface area contributed by atoms with Gasteiger partial charge in [0.25, 0.3) is 0 Å². The van der Waals surface area contributed by atoms with Crippen molar-refractivity contribution < 1.29 is 18.6 Å². The maximum atomic E-state index is 13.0. The number of rotatable bonds is 8. The van der Waals surface area contributed by atoms with Gasteiger partial charge in [0, 0.05) is 6.04 Å². The third-order valence-corrected chi connectivity index (χ3v) is 5.09. The van der Waals surface area contributed by atoms with Gasteiger partial charge in [-0.15, -0.1) is 0 Å². The molecule has 0 aliphatic rings. The Balaban J connectivity index is 1.90. The van der Waals surface area contributed by atoms with Gasteiger partial charge in [0.05, 0.1) is 0 Å². The Kier molecular flexibility index (Phi) is 7.04. The van der Waals surface area contributed by atoms with Crippen LogP contribution in [0.15, 0.2) is 60.7 Å². The second-order valence-corrected chi connectivity index (χ2v) is 7.86. The number of nitrogens with one attached hydrogen (secondary N) is 2. The number of ether oxygens (including phenoxy) is 1. The topological polar surface area (TPSA) is 76.7 Å². The number of benzene rings is 2. The standard InChI is InChI=1S/C18H23N2O4P/c1-15(2)20-25(22,24-17-11-7-4-8-12-17)14-19-18(21)23-13-16-9-5-3-6-10-16/h3-12,15H,13-14H2,1-2H3,(H,19,21)(H,20,22). The molecule has 2 aromatic rings. The Bertz CT molecular complexity index is 708. The second kappa shape index (κ2) is 9.25. The lowest BCUT2D eigenvalue weighted by molar-refractivity contribution is 0.141. The number of hydrogen-bond donors (Lipinski definition) is 2. The molecule has 0 heterocycles. The van der Waals surface area contributed by atoms with E-state index < -0.39 is 13.6 Å². The Hall–Kier alpha value is -2.30. The van der Waals surface area contributed by atoms with Crippen LogP contribution in [0.4, 0.5) is 4.79 Å². The molecule has 25 heavy (non-hydrogen) atoms. The van der Waals surface area contributed by atoms with Crippen LogP contribution in [0.3, 0.4) is 0 Å². The van der Waals surface area contributed by atoms with E-state index >= 15 is 0 Å². The first-order valence-corrected chi connectivity index (χ1v) is 9.84. The van der Waals surface area contributed by atoms with E-state index in [0.717, 1.165) is 5.56 Å². The van der Waals surface area contributed by atoms with Crippen LogP contribution in [0.25, 0.3) is 0 Å². The van der Waals surface area contributed by atoms with Crippen LogP contribution < -0.4 is 14.9 Å². The lowest BCUT2D eigenvalue weighted by atomic mass is 10.2. The van der Waals surface area contributed by atoms with Crippen molar-refractivity contribution in [3.05, 3.63) is 66.2 Å². The third kappa shape index (κ3) is 6.99. The molecule has 134 valence electrons. The Morgan fingerprint density at radius 2 is 1.64 bits per heavy atom. The van der Waals surface area contributed by atoms with Crippen LogP contribution in [0.2, 0.25) is 0 Å². The van der Waals surface area contributed by atoms with Crippen LogP contribution >= 0.6 is 7.52 Å². The molecule has 0 aliphatic heterocycles. The van der Waals surface area contributed by atoms with E-state index in [2.05, 4.69) is 10.4 Å². The van der Waals surface area contributed by atoms with Crippen molar-refractivity contribution in [2.24, 2.45) is 0 Å². The fourth-order valence-corrected chi connectivity index (χ4v) is 3.89. The fourth-order valence-electron chi connectivity index (χ4n) is 2.09. The zero-order chi connectivity index (χ0) is 18.1. The van der Waals surface area contributed by atoms with Crippen molar-refractivity contribution in [3.63, 3.8) is 0 Å². The molecule has 0 spiro atoms. The summed E-state index contributed by atoms with van der Waals surface area (Å²) in [4.78, 5) is 11.9. The van der Waals surface area contributed by atoms with E-state index in [1.807, 2.05) is 50.2 Å². The molecule has 0 radical (unpaired) electrons. The highest BCUT2D eigenvalue weighted by Crippen LogP contribution is 2.42. The first-order valence-electron chi connectivity index (χ1n) is 8.03. The van der Waals surface area contributed by atoms with E-state index in [-0.39, 0.29) is 18.9 Å². The molecule has 0 bridgehead atoms. The SMILES string of the molecule is CC(C)NP(=O)(CNC(=O)OCc1ccccc1)Oc1ccccc1. The molecule has 0 saturated heterocycles. The van der Waals surface area contributed by atoms with Crippen LogP contribution in [-0.2, 0) is 15.9 Å². The zero-order valence-corrected chi connectivity index (χ0v) is 15.2. The molecular weight excluding hydrogens is 339 g/mol. The molecule has 2 aromatic carbocycles. The molecule has 1 atom stereocenters. The first-order chi connectivity index (χ1) is 12.0. The Morgan fingerprint density at radius 3 is 2.24 bits per heavy atom. The van der Waals surface area contributed by atoms with E-state index in [4.69, 9.17) is 9.26 Å². The van der Waals surface area contributed by atoms with E-state index in [1.165, 1.54) is 0 Å². The summed E-state index contributed by atoms with van der Waals surface area (Å²) in [6.45, 7) is 3.86. The zero-order valence-electron chi connectivity index (χ0n) is 14.3. The predicted molar refractivity (Wildman–Crippen MR) is 97.6 cm³/mol. The van der Waals surface area contributed by atoms with Gasteiger partial charge in [-0.25, -0.2) is 9.88 Å². The van der Waals surface area contributed by atoms with Crippen molar-refractivity contribution >= 4 is 13.6 Å². The maximum absolute atomic E-state index is 13.0. The van der Waals surface area contributed by atoms with Gasteiger partial charge >= 0.3 is 13.6 Å². The lowest BCUT2D eigenvalue weighted by Gasteiger charge is -2.22. The number of carbonyl (C=O) groups excluding carboxylic acids is 1. The van der Waals surface area contributed by atoms with E-state index in [0.29, 0.717) is 5.75 Å². The van der Waals surface area contributed by atoms with Gasteiger partial charge in [-0.2, -0.15) is 0 Å². The number of para-hydroxylation sites is 1. The molecule has 1 amide bonds. The summed E-state index contributed by atoms with van der Waals surface area (Å²) >= 11 is 0. The van der Waals surface area contributed by atoms with Gasteiger partial charge in [0.1, 0.15) is 18.6 Å². The lowest BCUT2D eigenvalue weighted by Crippen LogP contribution is -2.32. The van der Waals surface area contributed by atoms with Crippen molar-refractivity contribution in [2.75, 3.05) is 6.29 Å². The largest absolute Gasteiger partial charge is 0.445 e. The van der Waals surface area contributed by atoms with Gasteiger partial charge in [0.15, 0.2) is 0 Å². The summed E-state index contributed by atoms with van der Waals surface area (Å²) in [6.07, 6.45) is -0.820. The summed E-state index contributed by atoms with van der Waals surface area (Å²) < 4.78 is 23.7. The molecule has 1 unspecified atom stereocenters. The molecule has 2 N–H and O–H groups in total. The summed E-state index contributed by atoms with van der Waals surface area (Å²) in [5.41, 5.74) is 0.877. The average molecular weight is 362 g/mol. The molecule has 6 nitrogen and oxygen atoms in total. The smallest absolute Gasteiger partial charge is 0.408 e. The molecule has 0 aromatic heterocycles. The van der Waals surface area contributed by atoms with Crippen LogP contribution in [-0.4, -0.2) is 18.4 Å². The van der Waals surface area contributed by atoms with E-state index in [1.54, 1.807) is 24.3 Å². The summed E-state index contributed by atoms with van der Waals surface area (Å²) in [7, 11) is -3.31. The minimum atomic E-state index is -3.31. The minimum absolute atomic E-state index is 0.0725. The molecule has 0 saturated carbocycles. The maximum Gasteiger partial charge on any atom is 0.408 e. The highest BCUT2D eigenvalue weighted by Gasteiger charge is 2.26. The number of amides is 1. The fraction of sp³-hybridized carbons (Fsp3) is 0.278. The van der Waals surface area contributed by atoms with Gasteiger partial charge in [-0.05, 0) is 31.5 Å². The summed E-state index contributed by atoms with van der Waals surface area (Å²) in [5.74, 6) is 0.471. The molecule has 0 aliphatic carbocycles. The molecule has 0 fully saturated rings. The summed E-state index contributed by atoms with van der Waals surface area (Å²) in [6, 6.07) is 18.1. The Labute approximate surface area is 148 Å². The van der Waals surface area contributed by atoms with Crippen LogP contribution in [0.5, 0.6) is 5.75 Å². The first kappa shape index (κ1) is 19.0. The second-order valence-electron chi connectivity index (χ2n) is 5.76.